The van der Waals surface area contributed by atoms with E-state index in [-0.39, 0.29) is 12.5 Å². The highest BCUT2D eigenvalue weighted by atomic mass is 16.3. The number of likely N-dealkylation sites (tertiary alicyclic amines) is 1. The summed E-state index contributed by atoms with van der Waals surface area (Å²) in [5.41, 5.74) is 8.18. The summed E-state index contributed by atoms with van der Waals surface area (Å²) >= 11 is 0. The molecule has 110 valence electrons. The molecule has 0 bridgehead atoms. The lowest BCUT2D eigenvalue weighted by molar-refractivity contribution is -0.117. The molecule has 1 heterocycles. The van der Waals surface area contributed by atoms with Crippen LogP contribution in [0.2, 0.25) is 0 Å². The third-order valence-electron chi connectivity index (χ3n) is 3.86. The molecule has 1 aliphatic rings. The quantitative estimate of drug-likeness (QED) is 0.723. The predicted molar refractivity (Wildman–Crippen MR) is 80.5 cm³/mol. The van der Waals surface area contributed by atoms with Crippen molar-refractivity contribution in [2.75, 3.05) is 37.3 Å². The second-order valence-corrected chi connectivity index (χ2v) is 5.52. The second kappa shape index (κ2) is 6.72. The first-order chi connectivity index (χ1) is 9.58. The van der Waals surface area contributed by atoms with E-state index >= 15 is 0 Å². The van der Waals surface area contributed by atoms with E-state index in [1.807, 2.05) is 19.1 Å². The first kappa shape index (κ1) is 14.8. The lowest BCUT2D eigenvalue weighted by atomic mass is 9.98. The summed E-state index contributed by atoms with van der Waals surface area (Å²) in [6.07, 6.45) is 1.93. The predicted octanol–water partition coefficient (Wildman–Crippen LogP) is 1.22. The molecule has 1 aromatic carbocycles. The van der Waals surface area contributed by atoms with Gasteiger partial charge in [-0.15, -0.1) is 0 Å². The van der Waals surface area contributed by atoms with Crippen molar-refractivity contribution < 1.29 is 9.90 Å². The van der Waals surface area contributed by atoms with Crippen molar-refractivity contribution in [2.45, 2.75) is 19.8 Å². The third-order valence-corrected chi connectivity index (χ3v) is 3.86. The number of benzene rings is 1. The number of nitrogens with zero attached hydrogens (tertiary/aromatic N) is 1. The fourth-order valence-corrected chi connectivity index (χ4v) is 2.55. The number of nitrogens with one attached hydrogen (secondary N) is 1. The highest BCUT2D eigenvalue weighted by molar-refractivity contribution is 5.93. The second-order valence-electron chi connectivity index (χ2n) is 5.52. The molecule has 0 aromatic heterocycles. The molecule has 0 atom stereocenters. The molecule has 1 fully saturated rings. The number of aryl methyl sites for hydroxylation is 1. The normalized spacial score (nSPS) is 17.1. The van der Waals surface area contributed by atoms with Crippen LogP contribution in [0.3, 0.4) is 0 Å². The van der Waals surface area contributed by atoms with Gasteiger partial charge in [0.15, 0.2) is 0 Å². The molecule has 5 heteroatoms. The minimum atomic E-state index is 0.000296. The Bertz CT molecular complexity index is 468. The maximum Gasteiger partial charge on any atom is 0.238 e. The smallest absolute Gasteiger partial charge is 0.238 e. The first-order valence-corrected chi connectivity index (χ1v) is 7.07. The molecule has 0 radical (unpaired) electrons. The molecular weight excluding hydrogens is 254 g/mol. The van der Waals surface area contributed by atoms with E-state index < -0.39 is 0 Å². The Balaban J connectivity index is 1.84. The summed E-state index contributed by atoms with van der Waals surface area (Å²) < 4.78 is 0. The highest BCUT2D eigenvalue weighted by Gasteiger charge is 2.20. The van der Waals surface area contributed by atoms with Crippen molar-refractivity contribution in [1.29, 1.82) is 0 Å². The van der Waals surface area contributed by atoms with E-state index in [1.165, 1.54) is 0 Å². The number of aliphatic hydroxyl groups is 1. The summed E-state index contributed by atoms with van der Waals surface area (Å²) in [4.78, 5) is 14.2. The van der Waals surface area contributed by atoms with E-state index in [0.717, 1.165) is 37.2 Å². The van der Waals surface area contributed by atoms with Gasteiger partial charge >= 0.3 is 0 Å². The van der Waals surface area contributed by atoms with Gasteiger partial charge < -0.3 is 16.2 Å². The molecule has 2 rings (SSSR count). The van der Waals surface area contributed by atoms with E-state index in [2.05, 4.69) is 10.2 Å². The largest absolute Gasteiger partial charge is 0.399 e. The molecular formula is C15H23N3O2. The molecule has 1 aromatic rings. The molecule has 0 spiro atoms. The van der Waals surface area contributed by atoms with Crippen LogP contribution < -0.4 is 11.1 Å². The van der Waals surface area contributed by atoms with Crippen LogP contribution in [-0.2, 0) is 4.79 Å². The molecule has 5 nitrogen and oxygen atoms in total. The Morgan fingerprint density at radius 3 is 2.75 bits per heavy atom. The number of hydrogen-bond acceptors (Lipinski definition) is 4. The maximum atomic E-state index is 12.0. The summed E-state index contributed by atoms with van der Waals surface area (Å²) in [5, 5.41) is 12.0. The van der Waals surface area contributed by atoms with Gasteiger partial charge in [-0.3, -0.25) is 9.69 Å². The Hall–Kier alpha value is -1.59. The fourth-order valence-electron chi connectivity index (χ4n) is 2.55. The molecule has 1 saturated heterocycles. The van der Waals surface area contributed by atoms with Crippen LogP contribution in [0.15, 0.2) is 18.2 Å². The van der Waals surface area contributed by atoms with Gasteiger partial charge in [-0.05, 0) is 62.5 Å². The monoisotopic (exact) mass is 277 g/mol. The number of aliphatic hydroxyl groups excluding tert-OH is 1. The maximum absolute atomic E-state index is 12.0. The van der Waals surface area contributed by atoms with Crippen LogP contribution in [0.25, 0.3) is 0 Å². The Morgan fingerprint density at radius 1 is 1.45 bits per heavy atom. The number of nitrogen functional groups attached to an aromatic ring is 1. The molecule has 0 unspecified atom stereocenters. The Labute approximate surface area is 119 Å². The molecule has 20 heavy (non-hydrogen) atoms. The fraction of sp³-hybridized carbons (Fsp3) is 0.533. The van der Waals surface area contributed by atoms with Gasteiger partial charge in [0.1, 0.15) is 0 Å². The van der Waals surface area contributed by atoms with Crippen LogP contribution in [-0.4, -0.2) is 42.2 Å². The zero-order valence-corrected chi connectivity index (χ0v) is 11.9. The summed E-state index contributed by atoms with van der Waals surface area (Å²) in [5.74, 6) is 0.397. The summed E-state index contributed by atoms with van der Waals surface area (Å²) in [6, 6.07) is 5.47. The van der Waals surface area contributed by atoms with Crippen LogP contribution >= 0.6 is 0 Å². The number of carbonyl (C=O) groups excluding carboxylic acids is 1. The van der Waals surface area contributed by atoms with Gasteiger partial charge in [-0.25, -0.2) is 0 Å². The van der Waals surface area contributed by atoms with Gasteiger partial charge in [0.05, 0.1) is 6.54 Å². The van der Waals surface area contributed by atoms with Crippen molar-refractivity contribution in [3.8, 4) is 0 Å². The number of amides is 1. The third kappa shape index (κ3) is 3.95. The number of nitrogens with two attached hydrogens (primary N) is 1. The number of carbonyl (C=O) groups is 1. The van der Waals surface area contributed by atoms with Crippen molar-refractivity contribution in [3.63, 3.8) is 0 Å². The first-order valence-electron chi connectivity index (χ1n) is 7.07. The molecule has 4 N–H and O–H groups in total. The van der Waals surface area contributed by atoms with E-state index in [9.17, 15) is 4.79 Å². The van der Waals surface area contributed by atoms with Crippen LogP contribution in [0, 0.1) is 12.8 Å². The zero-order valence-electron chi connectivity index (χ0n) is 11.9. The minimum Gasteiger partial charge on any atom is -0.399 e. The SMILES string of the molecule is Cc1cc(N)ccc1NC(=O)CN1CCC(CO)CC1. The average Bonchev–Trinajstić information content (AvgIpc) is 2.43. The summed E-state index contributed by atoms with van der Waals surface area (Å²) in [7, 11) is 0. The molecule has 0 saturated carbocycles. The zero-order chi connectivity index (χ0) is 14.5. The topological polar surface area (TPSA) is 78.6 Å². The lowest BCUT2D eigenvalue weighted by Gasteiger charge is -2.30. The average molecular weight is 277 g/mol. The lowest BCUT2D eigenvalue weighted by Crippen LogP contribution is -2.39. The summed E-state index contributed by atoms with van der Waals surface area (Å²) in [6.45, 7) is 4.34. The van der Waals surface area contributed by atoms with Gasteiger partial charge in [0, 0.05) is 18.0 Å². The minimum absolute atomic E-state index is 0.000296. The van der Waals surface area contributed by atoms with E-state index in [1.54, 1.807) is 6.07 Å². The Morgan fingerprint density at radius 2 is 2.15 bits per heavy atom. The van der Waals surface area contributed by atoms with Crippen molar-refractivity contribution in [1.82, 2.24) is 4.90 Å². The molecule has 1 aliphatic heterocycles. The van der Waals surface area contributed by atoms with Crippen LogP contribution in [0.1, 0.15) is 18.4 Å². The number of hydrogen-bond donors (Lipinski definition) is 3. The van der Waals surface area contributed by atoms with E-state index in [0.29, 0.717) is 18.2 Å². The van der Waals surface area contributed by atoms with Gasteiger partial charge in [-0.1, -0.05) is 0 Å². The van der Waals surface area contributed by atoms with Gasteiger partial charge in [0.2, 0.25) is 5.91 Å². The number of rotatable bonds is 4. The van der Waals surface area contributed by atoms with Crippen molar-refractivity contribution >= 4 is 17.3 Å². The van der Waals surface area contributed by atoms with Gasteiger partial charge in [-0.2, -0.15) is 0 Å². The Kier molecular flexibility index (Phi) is 4.98. The van der Waals surface area contributed by atoms with Crippen LogP contribution in [0.4, 0.5) is 11.4 Å². The van der Waals surface area contributed by atoms with E-state index in [4.69, 9.17) is 10.8 Å². The van der Waals surface area contributed by atoms with Crippen molar-refractivity contribution in [3.05, 3.63) is 23.8 Å². The van der Waals surface area contributed by atoms with Crippen molar-refractivity contribution in [2.24, 2.45) is 5.92 Å². The standard InChI is InChI=1S/C15H23N3O2/c1-11-8-13(16)2-3-14(11)17-15(20)9-18-6-4-12(10-19)5-7-18/h2-3,8,12,19H,4-7,9-10,16H2,1H3,(H,17,20). The number of piperidine rings is 1. The molecule has 0 aliphatic carbocycles. The number of anilines is 2. The van der Waals surface area contributed by atoms with Crippen LogP contribution in [0.5, 0.6) is 0 Å². The van der Waals surface area contributed by atoms with Gasteiger partial charge in [0.25, 0.3) is 0 Å². The highest BCUT2D eigenvalue weighted by Crippen LogP contribution is 2.19. The molecule has 1 amide bonds.